The number of hydrogen-bond donors (Lipinski definition) is 4. The van der Waals surface area contributed by atoms with Crippen molar-refractivity contribution in [2.24, 2.45) is 22.3 Å². The van der Waals surface area contributed by atoms with E-state index < -0.39 is 28.4 Å². The third kappa shape index (κ3) is 3.94. The zero-order chi connectivity index (χ0) is 14.1. The van der Waals surface area contributed by atoms with Gasteiger partial charge in [-0.3, -0.25) is 4.79 Å². The standard InChI is InChI=1S/C12H26N2O3/c1-10(2,9(14)16)6-12(5,7-15)8(13)11(3,4)17/h8,15,17H,6-7,13H2,1-5H3,(H2,14,16)/t8-,12-/m1/s1. The maximum Gasteiger partial charge on any atom is 0.223 e. The zero-order valence-corrected chi connectivity index (χ0v) is 11.4. The Hall–Kier alpha value is -0.650. The number of amides is 1. The van der Waals surface area contributed by atoms with E-state index in [0.717, 1.165) is 0 Å². The van der Waals surface area contributed by atoms with Crippen LogP contribution in [0.15, 0.2) is 0 Å². The number of aliphatic hydroxyl groups is 2. The van der Waals surface area contributed by atoms with Crippen molar-refractivity contribution in [3.63, 3.8) is 0 Å². The van der Waals surface area contributed by atoms with Crippen LogP contribution in [0.25, 0.3) is 0 Å². The second-order valence-electron chi connectivity index (χ2n) is 6.37. The van der Waals surface area contributed by atoms with Crippen LogP contribution in [-0.2, 0) is 4.79 Å². The lowest BCUT2D eigenvalue weighted by Gasteiger charge is -2.43. The van der Waals surface area contributed by atoms with Gasteiger partial charge >= 0.3 is 0 Å². The van der Waals surface area contributed by atoms with Crippen LogP contribution in [0.2, 0.25) is 0 Å². The maximum atomic E-state index is 11.3. The predicted octanol–water partition coefficient (Wildman–Crippen LogP) is -0.0152. The second kappa shape index (κ2) is 4.92. The molecule has 0 rings (SSSR count). The summed E-state index contributed by atoms with van der Waals surface area (Å²) in [5.74, 6) is -0.444. The highest BCUT2D eigenvalue weighted by atomic mass is 16.3. The van der Waals surface area contributed by atoms with E-state index in [1.165, 1.54) is 0 Å². The number of hydrogen-bond acceptors (Lipinski definition) is 4. The Morgan fingerprint density at radius 2 is 1.65 bits per heavy atom. The van der Waals surface area contributed by atoms with Gasteiger partial charge in [-0.05, 0) is 20.3 Å². The molecule has 5 nitrogen and oxygen atoms in total. The van der Waals surface area contributed by atoms with Gasteiger partial charge in [-0.2, -0.15) is 0 Å². The SMILES string of the molecule is CC(C)(C[C@](C)(CO)[C@H](N)C(C)(C)O)C(N)=O. The van der Waals surface area contributed by atoms with Gasteiger partial charge < -0.3 is 21.7 Å². The van der Waals surface area contributed by atoms with E-state index in [2.05, 4.69) is 0 Å². The molecule has 2 atom stereocenters. The maximum absolute atomic E-state index is 11.3. The Balaban J connectivity index is 5.12. The van der Waals surface area contributed by atoms with Gasteiger partial charge in [0.2, 0.25) is 5.91 Å². The summed E-state index contributed by atoms with van der Waals surface area (Å²) in [5.41, 5.74) is 8.62. The molecule has 6 N–H and O–H groups in total. The third-order valence-corrected chi connectivity index (χ3v) is 3.39. The first-order valence-corrected chi connectivity index (χ1v) is 5.75. The fourth-order valence-electron chi connectivity index (χ4n) is 2.21. The minimum atomic E-state index is -1.13. The first-order chi connectivity index (χ1) is 7.37. The highest BCUT2D eigenvalue weighted by Gasteiger charge is 2.44. The Kier molecular flexibility index (Phi) is 4.73. The van der Waals surface area contributed by atoms with Crippen LogP contribution in [0.1, 0.15) is 41.0 Å². The van der Waals surface area contributed by atoms with Crippen molar-refractivity contribution in [3.05, 3.63) is 0 Å². The van der Waals surface area contributed by atoms with Crippen molar-refractivity contribution in [2.75, 3.05) is 6.61 Å². The Morgan fingerprint density at radius 3 is 1.88 bits per heavy atom. The quantitative estimate of drug-likeness (QED) is 0.528. The number of carbonyl (C=O) groups is 1. The molecule has 0 radical (unpaired) electrons. The van der Waals surface area contributed by atoms with Gasteiger partial charge in [0.1, 0.15) is 0 Å². The molecule has 0 heterocycles. The molecule has 17 heavy (non-hydrogen) atoms. The van der Waals surface area contributed by atoms with E-state index in [-0.39, 0.29) is 6.61 Å². The zero-order valence-electron chi connectivity index (χ0n) is 11.4. The van der Waals surface area contributed by atoms with E-state index >= 15 is 0 Å². The smallest absolute Gasteiger partial charge is 0.223 e. The highest BCUT2D eigenvalue weighted by molar-refractivity contribution is 5.79. The molecule has 0 aliphatic rings. The topological polar surface area (TPSA) is 110 Å². The Bertz CT molecular complexity index is 284. The third-order valence-electron chi connectivity index (χ3n) is 3.39. The van der Waals surface area contributed by atoms with E-state index in [4.69, 9.17) is 11.5 Å². The normalized spacial score (nSPS) is 18.6. The summed E-state index contributed by atoms with van der Waals surface area (Å²) in [5, 5.41) is 19.5. The first-order valence-electron chi connectivity index (χ1n) is 5.75. The van der Waals surface area contributed by atoms with Crippen molar-refractivity contribution >= 4 is 5.91 Å². The van der Waals surface area contributed by atoms with Crippen molar-refractivity contribution in [2.45, 2.75) is 52.7 Å². The minimum Gasteiger partial charge on any atom is -0.396 e. The molecular weight excluding hydrogens is 220 g/mol. The van der Waals surface area contributed by atoms with Crippen LogP contribution < -0.4 is 11.5 Å². The lowest BCUT2D eigenvalue weighted by molar-refractivity contribution is -0.129. The molecular formula is C12H26N2O3. The summed E-state index contributed by atoms with van der Waals surface area (Å²) >= 11 is 0. The van der Waals surface area contributed by atoms with Crippen LogP contribution >= 0.6 is 0 Å². The summed E-state index contributed by atoms with van der Waals surface area (Å²) in [6, 6.07) is -0.654. The monoisotopic (exact) mass is 246 g/mol. The van der Waals surface area contributed by atoms with Gasteiger partial charge in [-0.25, -0.2) is 0 Å². The number of nitrogens with two attached hydrogens (primary N) is 2. The number of aliphatic hydroxyl groups excluding tert-OH is 1. The molecule has 0 bridgehead atoms. The fourth-order valence-corrected chi connectivity index (χ4v) is 2.21. The lowest BCUT2D eigenvalue weighted by atomic mass is 9.66. The molecule has 0 saturated carbocycles. The van der Waals surface area contributed by atoms with E-state index in [1.54, 1.807) is 34.6 Å². The average molecular weight is 246 g/mol. The van der Waals surface area contributed by atoms with Crippen molar-refractivity contribution < 1.29 is 15.0 Å². The van der Waals surface area contributed by atoms with Gasteiger partial charge in [0, 0.05) is 16.9 Å². The molecule has 0 aromatic carbocycles. The molecule has 0 aliphatic heterocycles. The Labute approximate surface area is 103 Å². The molecule has 0 aliphatic carbocycles. The number of primary amides is 1. The summed E-state index contributed by atoms with van der Waals surface area (Å²) in [6.07, 6.45) is 0.316. The van der Waals surface area contributed by atoms with Gasteiger partial charge in [-0.15, -0.1) is 0 Å². The molecule has 0 unspecified atom stereocenters. The van der Waals surface area contributed by atoms with Crippen LogP contribution in [-0.4, -0.2) is 34.4 Å². The summed E-state index contributed by atoms with van der Waals surface area (Å²) in [6.45, 7) is 8.13. The lowest BCUT2D eigenvalue weighted by Crippen LogP contribution is -2.57. The van der Waals surface area contributed by atoms with Crippen molar-refractivity contribution in [3.8, 4) is 0 Å². The minimum absolute atomic E-state index is 0.213. The van der Waals surface area contributed by atoms with E-state index in [0.29, 0.717) is 6.42 Å². The largest absolute Gasteiger partial charge is 0.396 e. The highest BCUT2D eigenvalue weighted by Crippen LogP contribution is 2.38. The van der Waals surface area contributed by atoms with Gasteiger partial charge in [0.15, 0.2) is 0 Å². The second-order valence-corrected chi connectivity index (χ2v) is 6.37. The molecule has 0 aromatic rings. The molecule has 0 aromatic heterocycles. The van der Waals surface area contributed by atoms with Crippen molar-refractivity contribution in [1.29, 1.82) is 0 Å². The van der Waals surface area contributed by atoms with Crippen LogP contribution in [0, 0.1) is 10.8 Å². The molecule has 5 heteroatoms. The Morgan fingerprint density at radius 1 is 1.24 bits per heavy atom. The number of rotatable bonds is 6. The summed E-state index contributed by atoms with van der Waals surface area (Å²) in [4.78, 5) is 11.3. The molecule has 1 amide bonds. The number of carbonyl (C=O) groups excluding carboxylic acids is 1. The predicted molar refractivity (Wildman–Crippen MR) is 67.1 cm³/mol. The summed E-state index contributed by atoms with van der Waals surface area (Å²) in [7, 11) is 0. The van der Waals surface area contributed by atoms with Gasteiger partial charge in [0.05, 0.1) is 12.2 Å². The fraction of sp³-hybridized carbons (Fsp3) is 0.917. The van der Waals surface area contributed by atoms with Crippen LogP contribution in [0.4, 0.5) is 0 Å². The van der Waals surface area contributed by atoms with Gasteiger partial charge in [-0.1, -0.05) is 20.8 Å². The van der Waals surface area contributed by atoms with Crippen LogP contribution in [0.3, 0.4) is 0 Å². The molecule has 102 valence electrons. The molecule has 0 saturated heterocycles. The molecule has 0 spiro atoms. The van der Waals surface area contributed by atoms with Gasteiger partial charge in [0.25, 0.3) is 0 Å². The average Bonchev–Trinajstić information content (AvgIpc) is 2.14. The van der Waals surface area contributed by atoms with E-state index in [1.807, 2.05) is 0 Å². The van der Waals surface area contributed by atoms with Crippen molar-refractivity contribution in [1.82, 2.24) is 0 Å². The first kappa shape index (κ1) is 16.4. The van der Waals surface area contributed by atoms with E-state index in [9.17, 15) is 15.0 Å². The van der Waals surface area contributed by atoms with Crippen LogP contribution in [0.5, 0.6) is 0 Å². The molecule has 0 fully saturated rings. The summed E-state index contributed by atoms with van der Waals surface area (Å²) < 4.78 is 0.